The van der Waals surface area contributed by atoms with Crippen molar-refractivity contribution in [3.63, 3.8) is 0 Å². The van der Waals surface area contributed by atoms with Crippen molar-refractivity contribution in [1.29, 1.82) is 0 Å². The van der Waals surface area contributed by atoms with Gasteiger partial charge in [0, 0.05) is 13.1 Å². The van der Waals surface area contributed by atoms with Gasteiger partial charge in [-0.15, -0.1) is 0 Å². The first-order chi connectivity index (χ1) is 10.4. The zero-order valence-electron chi connectivity index (χ0n) is 12.9. The Hall–Kier alpha value is -1.80. The molecular formula is C14H20CuN2O6. The molecule has 0 aliphatic carbocycles. The molecule has 23 heavy (non-hydrogen) atoms. The number of carbonyl (C=O) groups excluding carboxylic acids is 4. The van der Waals surface area contributed by atoms with Crippen LogP contribution in [0.5, 0.6) is 0 Å². The summed E-state index contributed by atoms with van der Waals surface area (Å²) in [6.07, 6.45) is 4.86. The van der Waals surface area contributed by atoms with Gasteiger partial charge in [-0.2, -0.15) is 0 Å². The molecule has 9 heteroatoms. The van der Waals surface area contributed by atoms with Crippen molar-refractivity contribution in [3.05, 3.63) is 24.3 Å². The van der Waals surface area contributed by atoms with E-state index in [0.717, 1.165) is 25.2 Å². The molecule has 0 bridgehead atoms. The van der Waals surface area contributed by atoms with Crippen molar-refractivity contribution in [2.75, 3.05) is 26.2 Å². The Morgan fingerprint density at radius 1 is 0.783 bits per heavy atom. The molecule has 1 radical (unpaired) electrons. The van der Waals surface area contributed by atoms with Crippen LogP contribution in [0, 0.1) is 0 Å². The molecular weight excluding hydrogens is 356 g/mol. The third-order valence-corrected chi connectivity index (χ3v) is 1.97. The zero-order valence-corrected chi connectivity index (χ0v) is 13.8. The first-order valence-electron chi connectivity index (χ1n) is 6.61. The van der Waals surface area contributed by atoms with Gasteiger partial charge < -0.3 is 30.4 Å². The Bertz CT molecular complexity index is 395. The van der Waals surface area contributed by atoms with Gasteiger partial charge in [0.15, 0.2) is 0 Å². The number of likely N-dealkylation sites (N-methyl/N-ethyl adjacent to an activating group) is 2. The summed E-state index contributed by atoms with van der Waals surface area (Å²) in [6.45, 7) is 6.38. The summed E-state index contributed by atoms with van der Waals surface area (Å²) < 4.78 is 0. The van der Waals surface area contributed by atoms with Crippen LogP contribution in [-0.4, -0.2) is 49.7 Å². The van der Waals surface area contributed by atoms with Crippen LogP contribution >= 0.6 is 0 Å². The SMILES string of the molecule is CCNCC=CC(=O)C(=O)[O-].CCNCC=CC(=O)C(=O)[O-].[Cu+2]. The standard InChI is InChI=1S/2C7H11NO3.Cu/c2*1-2-8-5-3-4-6(9)7(10)11;/h2*3-4,8H,2,5H2,1H3,(H,10,11);/q;;+2/p-2. The summed E-state index contributed by atoms with van der Waals surface area (Å²) in [5.41, 5.74) is 0. The van der Waals surface area contributed by atoms with E-state index in [0.29, 0.717) is 13.1 Å². The van der Waals surface area contributed by atoms with E-state index < -0.39 is 23.5 Å². The molecule has 0 aliphatic rings. The summed E-state index contributed by atoms with van der Waals surface area (Å²) in [6, 6.07) is 0. The number of hydrogen-bond acceptors (Lipinski definition) is 8. The molecule has 0 heterocycles. The average Bonchev–Trinajstić information content (AvgIpc) is 2.48. The summed E-state index contributed by atoms with van der Waals surface area (Å²) in [5.74, 6) is -5.33. The van der Waals surface area contributed by atoms with Crippen molar-refractivity contribution in [3.8, 4) is 0 Å². The van der Waals surface area contributed by atoms with Crippen molar-refractivity contribution in [1.82, 2.24) is 10.6 Å². The van der Waals surface area contributed by atoms with Gasteiger partial charge in [0.1, 0.15) is 11.9 Å². The molecule has 0 aromatic carbocycles. The van der Waals surface area contributed by atoms with E-state index in [9.17, 15) is 29.4 Å². The third-order valence-electron chi connectivity index (χ3n) is 1.97. The normalized spacial score (nSPS) is 9.83. The minimum Gasteiger partial charge on any atom is -0.541 e. The Balaban J connectivity index is -0.000000333. The van der Waals surface area contributed by atoms with Crippen LogP contribution in [0.15, 0.2) is 24.3 Å². The van der Waals surface area contributed by atoms with E-state index in [1.807, 2.05) is 13.8 Å². The first-order valence-corrected chi connectivity index (χ1v) is 6.61. The smallest absolute Gasteiger partial charge is 0.541 e. The van der Waals surface area contributed by atoms with E-state index in [1.54, 1.807) is 0 Å². The predicted octanol–water partition coefficient (Wildman–Crippen LogP) is -3.06. The topological polar surface area (TPSA) is 138 Å². The molecule has 0 atom stereocenters. The number of nitrogens with one attached hydrogen (secondary N) is 2. The summed E-state index contributed by atoms with van der Waals surface area (Å²) in [7, 11) is 0. The quantitative estimate of drug-likeness (QED) is 0.177. The van der Waals surface area contributed by atoms with E-state index in [4.69, 9.17) is 0 Å². The zero-order chi connectivity index (χ0) is 17.4. The van der Waals surface area contributed by atoms with Gasteiger partial charge in [0.25, 0.3) is 0 Å². The monoisotopic (exact) mass is 375 g/mol. The number of rotatable bonds is 10. The maximum atomic E-state index is 10.3. The van der Waals surface area contributed by atoms with Gasteiger partial charge in [-0.3, -0.25) is 9.59 Å². The van der Waals surface area contributed by atoms with Gasteiger partial charge in [0.05, 0.1) is 0 Å². The Morgan fingerprint density at radius 3 is 1.30 bits per heavy atom. The van der Waals surface area contributed by atoms with Crippen molar-refractivity contribution in [2.45, 2.75) is 13.8 Å². The molecule has 8 nitrogen and oxygen atoms in total. The van der Waals surface area contributed by atoms with Crippen molar-refractivity contribution >= 4 is 23.5 Å². The molecule has 0 unspecified atom stereocenters. The van der Waals surface area contributed by atoms with Gasteiger partial charge in [0.2, 0.25) is 11.6 Å². The summed E-state index contributed by atoms with van der Waals surface area (Å²) in [5, 5.41) is 25.4. The van der Waals surface area contributed by atoms with Crippen molar-refractivity contribution in [2.24, 2.45) is 0 Å². The number of carboxylic acid groups (broad SMARTS) is 2. The summed E-state index contributed by atoms with van der Waals surface area (Å²) >= 11 is 0. The summed E-state index contributed by atoms with van der Waals surface area (Å²) in [4.78, 5) is 40.3. The Kier molecular flexibility index (Phi) is 20.7. The first kappa shape index (κ1) is 26.1. The van der Waals surface area contributed by atoms with Gasteiger partial charge in [-0.25, -0.2) is 0 Å². The number of carboxylic acids is 2. The van der Waals surface area contributed by atoms with E-state index in [2.05, 4.69) is 10.6 Å². The Morgan fingerprint density at radius 2 is 1.09 bits per heavy atom. The van der Waals surface area contributed by atoms with Gasteiger partial charge >= 0.3 is 17.1 Å². The number of ketones is 2. The molecule has 133 valence electrons. The van der Waals surface area contributed by atoms with Gasteiger partial charge in [-0.1, -0.05) is 26.0 Å². The molecule has 0 aromatic heterocycles. The largest absolute Gasteiger partial charge is 2.00 e. The number of hydrogen-bond donors (Lipinski definition) is 2. The van der Waals surface area contributed by atoms with Crippen LogP contribution in [0.1, 0.15) is 13.8 Å². The van der Waals surface area contributed by atoms with Crippen LogP contribution in [0.25, 0.3) is 0 Å². The Labute approximate surface area is 145 Å². The maximum Gasteiger partial charge on any atom is 2.00 e. The molecule has 0 amide bonds. The predicted molar refractivity (Wildman–Crippen MR) is 75.4 cm³/mol. The minimum atomic E-state index is -1.67. The maximum absolute atomic E-state index is 10.3. The second-order valence-corrected chi connectivity index (χ2v) is 3.72. The van der Waals surface area contributed by atoms with Gasteiger partial charge in [-0.05, 0) is 25.2 Å². The van der Waals surface area contributed by atoms with Crippen LogP contribution in [0.4, 0.5) is 0 Å². The second-order valence-electron chi connectivity index (χ2n) is 3.72. The second kappa shape index (κ2) is 18.2. The number of aliphatic carboxylic acids is 2. The molecule has 0 spiro atoms. The molecule has 0 fully saturated rings. The van der Waals surface area contributed by atoms with Crippen molar-refractivity contribution < 1.29 is 46.5 Å². The fourth-order valence-corrected chi connectivity index (χ4v) is 0.923. The minimum absolute atomic E-state index is 0. The van der Waals surface area contributed by atoms with E-state index in [-0.39, 0.29) is 17.1 Å². The molecule has 0 aromatic rings. The van der Waals surface area contributed by atoms with Crippen LogP contribution in [0.3, 0.4) is 0 Å². The average molecular weight is 376 g/mol. The van der Waals surface area contributed by atoms with E-state index >= 15 is 0 Å². The molecule has 0 saturated carbocycles. The molecule has 0 saturated heterocycles. The van der Waals surface area contributed by atoms with Crippen LogP contribution < -0.4 is 20.8 Å². The third kappa shape index (κ3) is 20.2. The van der Waals surface area contributed by atoms with Crippen LogP contribution in [0.2, 0.25) is 0 Å². The fourth-order valence-electron chi connectivity index (χ4n) is 0.923. The molecule has 2 N–H and O–H groups in total. The molecule has 0 rings (SSSR count). The van der Waals surface area contributed by atoms with E-state index in [1.165, 1.54) is 12.2 Å². The number of carbonyl (C=O) groups is 4. The van der Waals surface area contributed by atoms with Crippen LogP contribution in [-0.2, 0) is 36.2 Å². The fraction of sp³-hybridized carbons (Fsp3) is 0.429. The molecule has 0 aliphatic heterocycles.